The third-order valence-corrected chi connectivity index (χ3v) is 5.48. The number of carboxylic acid groups (broad SMARTS) is 1. The van der Waals surface area contributed by atoms with Gasteiger partial charge in [-0.15, -0.1) is 0 Å². The maximum Gasteiger partial charge on any atom is 0.331 e. The van der Waals surface area contributed by atoms with Crippen LogP contribution in [0.2, 0.25) is 0 Å². The minimum Gasteiger partial charge on any atom is -0.493 e. The van der Waals surface area contributed by atoms with Crippen molar-refractivity contribution in [2.75, 3.05) is 14.2 Å². The van der Waals surface area contributed by atoms with Crippen molar-refractivity contribution in [2.24, 2.45) is 0 Å². The van der Waals surface area contributed by atoms with E-state index in [9.17, 15) is 14.7 Å². The molecule has 28 heavy (non-hydrogen) atoms. The number of rotatable bonds is 6. The number of carbonyl (C=O) groups excluding carboxylic acids is 1. The first-order valence-corrected chi connectivity index (χ1v) is 9.46. The zero-order chi connectivity index (χ0) is 20.3. The van der Waals surface area contributed by atoms with Gasteiger partial charge in [0, 0.05) is 5.56 Å². The van der Waals surface area contributed by atoms with Crippen molar-refractivity contribution >= 4 is 46.3 Å². The van der Waals surface area contributed by atoms with E-state index in [1.807, 2.05) is 0 Å². The van der Waals surface area contributed by atoms with E-state index < -0.39 is 17.9 Å². The van der Waals surface area contributed by atoms with Crippen molar-refractivity contribution in [2.45, 2.75) is 6.04 Å². The molecule has 1 aliphatic heterocycles. The Morgan fingerprint density at radius 1 is 1.14 bits per heavy atom. The molecule has 0 spiro atoms. The number of carbonyl (C=O) groups is 2. The van der Waals surface area contributed by atoms with Crippen LogP contribution in [0.15, 0.2) is 53.4 Å². The quantitative estimate of drug-likeness (QED) is 0.569. The predicted octanol–water partition coefficient (Wildman–Crippen LogP) is 3.73. The largest absolute Gasteiger partial charge is 0.493 e. The number of hydrogen-bond donors (Lipinski definition) is 1. The summed E-state index contributed by atoms with van der Waals surface area (Å²) in [7, 11) is 3.04. The summed E-state index contributed by atoms with van der Waals surface area (Å²) < 4.78 is 10.9. The van der Waals surface area contributed by atoms with Gasteiger partial charge in [0.25, 0.3) is 5.91 Å². The van der Waals surface area contributed by atoms with Crippen molar-refractivity contribution < 1.29 is 24.2 Å². The van der Waals surface area contributed by atoms with Crippen LogP contribution < -0.4 is 9.47 Å². The zero-order valence-corrected chi connectivity index (χ0v) is 16.8. The number of hydrogen-bond acceptors (Lipinski definition) is 6. The molecule has 6 nitrogen and oxygen atoms in total. The lowest BCUT2D eigenvalue weighted by molar-refractivity contribution is -0.145. The Hall–Kier alpha value is -2.84. The maximum atomic E-state index is 13.0. The van der Waals surface area contributed by atoms with E-state index in [-0.39, 0.29) is 4.32 Å². The Bertz CT molecular complexity index is 958. The molecule has 1 aliphatic rings. The fraction of sp³-hybridized carbons (Fsp3) is 0.150. The summed E-state index contributed by atoms with van der Waals surface area (Å²) in [6.07, 6.45) is 1.63. The Morgan fingerprint density at radius 2 is 1.86 bits per heavy atom. The molecule has 2 aromatic carbocycles. The van der Waals surface area contributed by atoms with Gasteiger partial charge in [0.15, 0.2) is 17.5 Å². The van der Waals surface area contributed by atoms with Gasteiger partial charge in [-0.25, -0.2) is 4.79 Å². The van der Waals surface area contributed by atoms with E-state index in [1.54, 1.807) is 54.6 Å². The molecule has 1 saturated heterocycles. The summed E-state index contributed by atoms with van der Waals surface area (Å²) in [5, 5.41) is 9.73. The second-order valence-electron chi connectivity index (χ2n) is 5.79. The summed E-state index contributed by atoms with van der Waals surface area (Å²) in [5.41, 5.74) is 1.11. The molecular weight excluding hydrogens is 398 g/mol. The lowest BCUT2D eigenvalue weighted by Crippen LogP contribution is -2.37. The Labute approximate surface area is 171 Å². The van der Waals surface area contributed by atoms with Crippen molar-refractivity contribution in [1.29, 1.82) is 0 Å². The number of para-hydroxylation sites is 1. The highest BCUT2D eigenvalue weighted by Crippen LogP contribution is 2.40. The number of thiocarbonyl (C=S) groups is 1. The molecule has 8 heteroatoms. The number of carboxylic acids is 1. The van der Waals surface area contributed by atoms with E-state index in [2.05, 4.69) is 0 Å². The number of aliphatic carboxylic acids is 1. The normalized spacial score (nSPS) is 16.4. The molecule has 0 saturated carbocycles. The summed E-state index contributed by atoms with van der Waals surface area (Å²) in [5.74, 6) is -0.605. The van der Waals surface area contributed by atoms with Crippen LogP contribution in [0.4, 0.5) is 0 Å². The SMILES string of the molecule is COc1cccc(/C=C2/SC(=S)N([C@@H](C(=O)O)c3ccccc3)C2=O)c1OC. The molecule has 0 aliphatic carbocycles. The van der Waals surface area contributed by atoms with Gasteiger partial charge in [-0.1, -0.05) is 66.4 Å². The van der Waals surface area contributed by atoms with Gasteiger partial charge in [-0.05, 0) is 17.7 Å². The summed E-state index contributed by atoms with van der Waals surface area (Å²) in [4.78, 5) is 26.4. The van der Waals surface area contributed by atoms with Crippen LogP contribution in [0.5, 0.6) is 11.5 Å². The van der Waals surface area contributed by atoms with E-state index >= 15 is 0 Å². The molecule has 1 fully saturated rings. The summed E-state index contributed by atoms with van der Waals surface area (Å²) in [6.45, 7) is 0. The molecule has 144 valence electrons. The van der Waals surface area contributed by atoms with E-state index in [1.165, 1.54) is 14.2 Å². The van der Waals surface area contributed by atoms with Gasteiger partial charge >= 0.3 is 5.97 Å². The highest BCUT2D eigenvalue weighted by Gasteiger charge is 2.41. The molecule has 1 N–H and O–H groups in total. The average Bonchev–Trinajstić information content (AvgIpc) is 2.96. The van der Waals surface area contributed by atoms with E-state index in [0.717, 1.165) is 16.7 Å². The number of thioether (sulfide) groups is 1. The fourth-order valence-electron chi connectivity index (χ4n) is 2.91. The number of nitrogens with zero attached hydrogens (tertiary/aromatic N) is 1. The Balaban J connectivity index is 2.00. The van der Waals surface area contributed by atoms with Crippen LogP contribution in [0.3, 0.4) is 0 Å². The zero-order valence-electron chi connectivity index (χ0n) is 15.1. The summed E-state index contributed by atoms with van der Waals surface area (Å²) in [6, 6.07) is 12.7. The predicted molar refractivity (Wildman–Crippen MR) is 111 cm³/mol. The Morgan fingerprint density at radius 3 is 2.46 bits per heavy atom. The van der Waals surface area contributed by atoms with Crippen molar-refractivity contribution in [3.63, 3.8) is 0 Å². The van der Waals surface area contributed by atoms with Crippen LogP contribution in [-0.2, 0) is 9.59 Å². The first-order valence-electron chi connectivity index (χ1n) is 8.23. The van der Waals surface area contributed by atoms with Gasteiger partial charge in [0.05, 0.1) is 19.1 Å². The Kier molecular flexibility index (Phi) is 6.01. The number of ether oxygens (including phenoxy) is 2. The minimum atomic E-state index is -1.19. The molecule has 1 atom stereocenters. The lowest BCUT2D eigenvalue weighted by Gasteiger charge is -2.23. The van der Waals surface area contributed by atoms with Crippen molar-refractivity contribution in [1.82, 2.24) is 4.90 Å². The second-order valence-corrected chi connectivity index (χ2v) is 7.46. The first kappa shape index (κ1) is 19.9. The second kappa shape index (κ2) is 8.45. The van der Waals surface area contributed by atoms with Crippen LogP contribution in [0.25, 0.3) is 6.08 Å². The van der Waals surface area contributed by atoms with Gasteiger partial charge < -0.3 is 14.6 Å². The third-order valence-electron chi connectivity index (χ3n) is 4.15. The molecule has 0 unspecified atom stereocenters. The molecule has 3 rings (SSSR count). The minimum absolute atomic E-state index is 0.189. The number of benzene rings is 2. The smallest absolute Gasteiger partial charge is 0.331 e. The van der Waals surface area contributed by atoms with Crippen LogP contribution in [-0.4, -0.2) is 40.4 Å². The monoisotopic (exact) mass is 415 g/mol. The van der Waals surface area contributed by atoms with Crippen molar-refractivity contribution in [3.8, 4) is 11.5 Å². The van der Waals surface area contributed by atoms with Gasteiger partial charge in [-0.2, -0.15) is 0 Å². The average molecular weight is 415 g/mol. The molecule has 0 bridgehead atoms. The van der Waals surface area contributed by atoms with Crippen molar-refractivity contribution in [3.05, 3.63) is 64.6 Å². The number of amides is 1. The maximum absolute atomic E-state index is 13.0. The van der Waals surface area contributed by atoms with E-state index in [0.29, 0.717) is 27.5 Å². The lowest BCUT2D eigenvalue weighted by atomic mass is 10.1. The van der Waals surface area contributed by atoms with Crippen LogP contribution in [0.1, 0.15) is 17.2 Å². The molecule has 0 radical (unpaired) electrons. The highest BCUT2D eigenvalue weighted by atomic mass is 32.2. The number of methoxy groups -OCH3 is 2. The fourth-order valence-corrected chi connectivity index (χ4v) is 4.21. The third kappa shape index (κ3) is 3.74. The molecule has 1 heterocycles. The summed E-state index contributed by atoms with van der Waals surface area (Å²) >= 11 is 6.38. The van der Waals surface area contributed by atoms with Crippen LogP contribution in [0, 0.1) is 0 Å². The standard InChI is InChI=1S/C20H17NO5S2/c1-25-14-10-6-9-13(17(14)26-2)11-15-18(22)21(20(27)28-15)16(19(23)24)12-7-4-3-5-8-12/h3-11,16H,1-2H3,(H,23,24)/b15-11+/t16-/m1/s1. The van der Waals surface area contributed by atoms with Crippen LogP contribution >= 0.6 is 24.0 Å². The van der Waals surface area contributed by atoms with E-state index in [4.69, 9.17) is 21.7 Å². The highest BCUT2D eigenvalue weighted by molar-refractivity contribution is 8.26. The molecule has 0 aromatic heterocycles. The topological polar surface area (TPSA) is 76.1 Å². The van der Waals surface area contributed by atoms with Gasteiger partial charge in [0.2, 0.25) is 0 Å². The van der Waals surface area contributed by atoms with Gasteiger partial charge in [0.1, 0.15) is 4.32 Å². The van der Waals surface area contributed by atoms with Gasteiger partial charge in [-0.3, -0.25) is 9.69 Å². The molecular formula is C20H17NO5S2. The molecule has 1 amide bonds. The first-order chi connectivity index (χ1) is 13.5. The molecule has 2 aromatic rings.